The van der Waals surface area contributed by atoms with Crippen LogP contribution in [0.25, 0.3) is 20.3 Å². The third-order valence-corrected chi connectivity index (χ3v) is 4.73. The molecule has 3 aromatic rings. The van der Waals surface area contributed by atoms with Crippen molar-refractivity contribution in [1.29, 1.82) is 0 Å². The molecule has 0 atom stereocenters. The first-order valence-corrected chi connectivity index (χ1v) is 6.97. The van der Waals surface area contributed by atoms with Crippen molar-refractivity contribution in [2.24, 2.45) is 0 Å². The molecule has 0 bridgehead atoms. The average molecular weight is 329 g/mol. The van der Waals surface area contributed by atoms with Crippen molar-refractivity contribution in [2.45, 2.75) is 6.92 Å². The zero-order valence-corrected chi connectivity index (χ0v) is 12.0. The molecule has 3 rings (SSSR count). The monoisotopic (exact) mass is 327 g/mol. The summed E-state index contributed by atoms with van der Waals surface area (Å²) in [5, 5.41) is 1.92. The van der Waals surface area contributed by atoms with Gasteiger partial charge in [-0.15, -0.1) is 11.3 Å². The number of hydrogen-bond donors (Lipinski definition) is 1. The van der Waals surface area contributed by atoms with E-state index in [2.05, 4.69) is 20.9 Å². The molecule has 1 N–H and O–H groups in total. The van der Waals surface area contributed by atoms with Crippen LogP contribution >= 0.6 is 38.9 Å². The average Bonchev–Trinajstić information content (AvgIpc) is 2.63. The van der Waals surface area contributed by atoms with E-state index in [1.54, 1.807) is 11.3 Å². The molecule has 0 aliphatic carbocycles. The van der Waals surface area contributed by atoms with Gasteiger partial charge < -0.3 is 4.98 Å². The maximum Gasteiger partial charge on any atom is 0.209 e. The van der Waals surface area contributed by atoms with Crippen molar-refractivity contribution in [3.63, 3.8) is 0 Å². The van der Waals surface area contributed by atoms with Gasteiger partial charge in [0.1, 0.15) is 9.85 Å². The van der Waals surface area contributed by atoms with Crippen molar-refractivity contribution in [1.82, 2.24) is 4.98 Å². The molecule has 0 fully saturated rings. The number of pyridine rings is 1. The van der Waals surface area contributed by atoms with Crippen LogP contribution in [0.2, 0.25) is 5.02 Å². The summed E-state index contributed by atoms with van der Waals surface area (Å²) in [6, 6.07) is 5.89. The Morgan fingerprint density at radius 2 is 2.18 bits per heavy atom. The van der Waals surface area contributed by atoms with Gasteiger partial charge in [0.2, 0.25) is 5.43 Å². The second-order valence-electron chi connectivity index (χ2n) is 3.84. The molecule has 0 spiro atoms. The maximum absolute atomic E-state index is 12.2. The zero-order chi connectivity index (χ0) is 12.2. The molecule has 0 radical (unpaired) electrons. The van der Waals surface area contributed by atoms with Gasteiger partial charge in [0.25, 0.3) is 0 Å². The molecule has 2 nitrogen and oxygen atoms in total. The second-order valence-corrected chi connectivity index (χ2v) is 6.19. The first-order chi connectivity index (χ1) is 8.08. The number of benzene rings is 1. The Bertz CT molecular complexity index is 805. The second kappa shape index (κ2) is 3.83. The highest BCUT2D eigenvalue weighted by molar-refractivity contribution is 9.10. The minimum atomic E-state index is -0.0912. The van der Waals surface area contributed by atoms with E-state index in [-0.39, 0.29) is 10.5 Å². The predicted molar refractivity (Wildman–Crippen MR) is 77.4 cm³/mol. The Morgan fingerprint density at radius 1 is 1.41 bits per heavy atom. The minimum Gasteiger partial charge on any atom is -0.349 e. The van der Waals surface area contributed by atoms with Gasteiger partial charge in [-0.1, -0.05) is 33.6 Å². The smallest absolute Gasteiger partial charge is 0.209 e. The van der Waals surface area contributed by atoms with Gasteiger partial charge in [-0.2, -0.15) is 0 Å². The molecule has 0 unspecified atom stereocenters. The summed E-state index contributed by atoms with van der Waals surface area (Å²) in [4.78, 5) is 16.2. The zero-order valence-electron chi connectivity index (χ0n) is 8.80. The van der Waals surface area contributed by atoms with Crippen molar-refractivity contribution < 1.29 is 0 Å². The number of nitrogens with one attached hydrogen (secondary N) is 1. The van der Waals surface area contributed by atoms with Gasteiger partial charge >= 0.3 is 0 Å². The molecule has 2 aromatic heterocycles. The van der Waals surface area contributed by atoms with Gasteiger partial charge in [-0.25, -0.2) is 0 Å². The van der Waals surface area contributed by atoms with Crippen LogP contribution in [0.4, 0.5) is 0 Å². The van der Waals surface area contributed by atoms with E-state index in [9.17, 15) is 4.79 Å². The van der Waals surface area contributed by atoms with Crippen LogP contribution in [0.1, 0.15) is 5.69 Å². The molecule has 2 heterocycles. The number of halogens is 2. The molecule has 0 saturated heterocycles. The van der Waals surface area contributed by atoms with E-state index in [0.717, 1.165) is 25.1 Å². The highest BCUT2D eigenvalue weighted by Gasteiger charge is 2.13. The molecule has 0 amide bonds. The van der Waals surface area contributed by atoms with Gasteiger partial charge in [0, 0.05) is 20.3 Å². The maximum atomic E-state index is 12.2. The number of aryl methyl sites for hydroxylation is 1. The number of thiophene rings is 1. The minimum absolute atomic E-state index is 0.0912. The van der Waals surface area contributed by atoms with Crippen LogP contribution in [0.3, 0.4) is 0 Å². The molecule has 0 aliphatic heterocycles. The summed E-state index contributed by atoms with van der Waals surface area (Å²) in [7, 11) is 0. The van der Waals surface area contributed by atoms with E-state index in [1.165, 1.54) is 0 Å². The van der Waals surface area contributed by atoms with Crippen LogP contribution in [0.15, 0.2) is 27.5 Å². The van der Waals surface area contributed by atoms with Crippen molar-refractivity contribution in [3.05, 3.63) is 43.6 Å². The van der Waals surface area contributed by atoms with Crippen molar-refractivity contribution in [2.75, 3.05) is 0 Å². The van der Waals surface area contributed by atoms with E-state index < -0.39 is 0 Å². The van der Waals surface area contributed by atoms with Crippen LogP contribution in [0, 0.1) is 6.92 Å². The Morgan fingerprint density at radius 3 is 2.94 bits per heavy atom. The highest BCUT2D eigenvalue weighted by Crippen LogP contribution is 2.33. The van der Waals surface area contributed by atoms with E-state index in [0.29, 0.717) is 5.39 Å². The lowest BCUT2D eigenvalue weighted by Crippen LogP contribution is -2.04. The number of fused-ring (bicyclic) bond motifs is 3. The number of aromatic amines is 1. The summed E-state index contributed by atoms with van der Waals surface area (Å²) in [6.07, 6.45) is 0. The molecule has 5 heteroatoms. The van der Waals surface area contributed by atoms with Gasteiger partial charge in [0.05, 0.1) is 5.39 Å². The molecule has 1 aromatic carbocycles. The highest BCUT2D eigenvalue weighted by atomic mass is 79.9. The van der Waals surface area contributed by atoms with Crippen molar-refractivity contribution >= 4 is 59.2 Å². The topological polar surface area (TPSA) is 32.9 Å². The summed E-state index contributed by atoms with van der Waals surface area (Å²) in [5.74, 6) is 0. The quantitative estimate of drug-likeness (QED) is 0.649. The Labute approximate surface area is 114 Å². The summed E-state index contributed by atoms with van der Waals surface area (Å²) in [5.41, 5.74) is 0.626. The van der Waals surface area contributed by atoms with E-state index in [1.807, 2.05) is 25.1 Å². The van der Waals surface area contributed by atoms with Gasteiger partial charge in [-0.3, -0.25) is 4.79 Å². The number of rotatable bonds is 0. The number of H-pyrrole nitrogens is 1. The third kappa shape index (κ3) is 1.63. The fourth-order valence-electron chi connectivity index (χ4n) is 1.89. The lowest BCUT2D eigenvalue weighted by molar-refractivity contribution is 1.26. The molecule has 17 heavy (non-hydrogen) atoms. The molecule has 0 aliphatic rings. The fourth-order valence-corrected chi connectivity index (χ4v) is 3.74. The molecule has 86 valence electrons. The summed E-state index contributed by atoms with van der Waals surface area (Å²) in [6.45, 7) is 1.81. The van der Waals surface area contributed by atoms with E-state index in [4.69, 9.17) is 11.6 Å². The van der Waals surface area contributed by atoms with Gasteiger partial charge in [0.15, 0.2) is 0 Å². The third-order valence-electron chi connectivity index (χ3n) is 2.71. The fraction of sp³-hybridized carbons (Fsp3) is 0.0833. The Kier molecular flexibility index (Phi) is 2.54. The summed E-state index contributed by atoms with van der Waals surface area (Å²) >= 11 is 11.0. The largest absolute Gasteiger partial charge is 0.349 e. The molecular weight excluding hydrogens is 322 g/mol. The SMILES string of the molecule is Cc1[nH]c2sc3cc(Br)ccc3c2c(=O)c1Cl. The number of aromatic nitrogens is 1. The van der Waals surface area contributed by atoms with Crippen LogP contribution < -0.4 is 5.43 Å². The standard InChI is InChI=1S/C12H7BrClNOS/c1-5-10(14)11(16)9-7-3-2-6(13)4-8(7)17-12(9)15-5/h2-4H,1H3,(H,15,16). The normalized spacial score (nSPS) is 11.5. The predicted octanol–water partition coefficient (Wildman–Crippen LogP) is 4.47. The Balaban J connectivity index is 2.62. The van der Waals surface area contributed by atoms with Crippen LogP contribution in [-0.2, 0) is 0 Å². The molecule has 0 saturated carbocycles. The molecular formula is C12H7BrClNOS. The number of hydrogen-bond acceptors (Lipinski definition) is 2. The van der Waals surface area contributed by atoms with Gasteiger partial charge in [-0.05, 0) is 19.1 Å². The van der Waals surface area contributed by atoms with Crippen LogP contribution in [0.5, 0.6) is 0 Å². The lowest BCUT2D eigenvalue weighted by atomic mass is 10.2. The van der Waals surface area contributed by atoms with E-state index >= 15 is 0 Å². The lowest BCUT2D eigenvalue weighted by Gasteiger charge is -1.97. The summed E-state index contributed by atoms with van der Waals surface area (Å²) < 4.78 is 2.08. The first kappa shape index (κ1) is 11.3. The first-order valence-electron chi connectivity index (χ1n) is 4.98. The Hall–Kier alpha value is -0.840. The van der Waals surface area contributed by atoms with Crippen LogP contribution in [-0.4, -0.2) is 4.98 Å². The van der Waals surface area contributed by atoms with Crippen molar-refractivity contribution in [3.8, 4) is 0 Å².